The summed E-state index contributed by atoms with van der Waals surface area (Å²) in [6.07, 6.45) is 5.80. The van der Waals surface area contributed by atoms with E-state index in [1.807, 2.05) is 24.3 Å². The zero-order valence-corrected chi connectivity index (χ0v) is 15.2. The van der Waals surface area contributed by atoms with Crippen molar-refractivity contribution in [1.82, 2.24) is 0 Å². The number of benzene rings is 1. The number of hydrogen-bond acceptors (Lipinski definition) is 2. The van der Waals surface area contributed by atoms with Gasteiger partial charge in [-0.05, 0) is 0 Å². The third kappa shape index (κ3) is 2.28. The van der Waals surface area contributed by atoms with Crippen LogP contribution in [0.4, 0.5) is 0 Å². The summed E-state index contributed by atoms with van der Waals surface area (Å²) < 4.78 is 13.9. The zero-order chi connectivity index (χ0) is 14.2. The molecule has 0 amide bonds. The van der Waals surface area contributed by atoms with E-state index in [9.17, 15) is 0 Å². The predicted molar refractivity (Wildman–Crippen MR) is 85.1 cm³/mol. The molecule has 0 aromatic heterocycles. The second kappa shape index (κ2) is 5.71. The van der Waals surface area contributed by atoms with Crippen molar-refractivity contribution in [2.24, 2.45) is 0 Å². The molecule has 1 aromatic rings. The van der Waals surface area contributed by atoms with Gasteiger partial charge < -0.3 is 0 Å². The van der Waals surface area contributed by atoms with Crippen molar-refractivity contribution in [1.29, 1.82) is 0 Å². The summed E-state index contributed by atoms with van der Waals surface area (Å²) in [5.74, 6) is 0.833. The standard InChI is InChI=1S/C15H18Cl2O2Te/c1-18-12-5-7-13(8-6-12)20(17)14(11-16)15(19-20)9-3-2-4-10-15/h5-8,11H,2-4,9-10H2,1H3/b14-11+. The Balaban J connectivity index is 1.89. The molecule has 5 heteroatoms. The SMILES string of the molecule is COc1ccc([Te]2(Cl)OC3(CCCCC3)/C2=C\Cl)cc1. The van der Waals surface area contributed by atoms with Gasteiger partial charge in [0.25, 0.3) is 0 Å². The molecule has 110 valence electrons. The van der Waals surface area contributed by atoms with Crippen molar-refractivity contribution in [2.75, 3.05) is 7.11 Å². The summed E-state index contributed by atoms with van der Waals surface area (Å²) >= 11 is 2.96. The molecule has 1 aromatic carbocycles. The van der Waals surface area contributed by atoms with Crippen LogP contribution in [0.25, 0.3) is 0 Å². The second-order valence-corrected chi connectivity index (χ2v) is 14.3. The number of methoxy groups -OCH3 is 1. The third-order valence-corrected chi connectivity index (χ3v) is 14.6. The van der Waals surface area contributed by atoms with Crippen molar-refractivity contribution in [3.8, 4) is 5.75 Å². The van der Waals surface area contributed by atoms with Crippen LogP contribution in [0.2, 0.25) is 0 Å². The van der Waals surface area contributed by atoms with Gasteiger partial charge >= 0.3 is 133 Å². The van der Waals surface area contributed by atoms with Gasteiger partial charge in [-0.15, -0.1) is 0 Å². The first-order chi connectivity index (χ1) is 9.64. The quantitative estimate of drug-likeness (QED) is 0.663. The van der Waals surface area contributed by atoms with Crippen molar-refractivity contribution in [3.05, 3.63) is 33.4 Å². The Kier molecular flexibility index (Phi) is 4.28. The molecule has 1 atom stereocenters. The Morgan fingerprint density at radius 3 is 2.40 bits per heavy atom. The van der Waals surface area contributed by atoms with Crippen LogP contribution in [0, 0.1) is 0 Å². The molecule has 2 fully saturated rings. The molecule has 1 aliphatic heterocycles. The molecule has 1 saturated carbocycles. The first kappa shape index (κ1) is 15.0. The van der Waals surface area contributed by atoms with E-state index >= 15 is 0 Å². The molecule has 0 bridgehead atoms. The van der Waals surface area contributed by atoms with E-state index in [0.717, 1.165) is 22.2 Å². The topological polar surface area (TPSA) is 18.5 Å². The Hall–Kier alpha value is 0.0896. The van der Waals surface area contributed by atoms with E-state index < -0.39 is 17.5 Å². The maximum atomic E-state index is 6.89. The van der Waals surface area contributed by atoms with Gasteiger partial charge in [0.15, 0.2) is 0 Å². The molecular formula is C15H18Cl2O2Te. The van der Waals surface area contributed by atoms with Crippen LogP contribution in [0.1, 0.15) is 32.1 Å². The second-order valence-electron chi connectivity index (χ2n) is 5.27. The minimum atomic E-state index is -3.16. The number of halogens is 2. The first-order valence-corrected chi connectivity index (χ1v) is 13.5. The van der Waals surface area contributed by atoms with Gasteiger partial charge in [-0.2, -0.15) is 0 Å². The molecule has 0 N–H and O–H groups in total. The molecule has 20 heavy (non-hydrogen) atoms. The molecule has 1 heterocycles. The van der Waals surface area contributed by atoms with Crippen LogP contribution < -0.4 is 8.35 Å². The number of hydrogen-bond donors (Lipinski definition) is 0. The minimum absolute atomic E-state index is 0.150. The van der Waals surface area contributed by atoms with Crippen LogP contribution in [0.15, 0.2) is 33.4 Å². The molecule has 1 unspecified atom stereocenters. The fourth-order valence-electron chi connectivity index (χ4n) is 3.05. The summed E-state index contributed by atoms with van der Waals surface area (Å²) in [7, 11) is 8.55. The van der Waals surface area contributed by atoms with Gasteiger partial charge in [0.1, 0.15) is 0 Å². The van der Waals surface area contributed by atoms with Gasteiger partial charge in [-0.1, -0.05) is 0 Å². The van der Waals surface area contributed by atoms with E-state index in [2.05, 4.69) is 0 Å². The third-order valence-electron chi connectivity index (χ3n) is 4.13. The molecular weight excluding hydrogens is 411 g/mol. The van der Waals surface area contributed by atoms with E-state index in [1.54, 1.807) is 12.6 Å². The van der Waals surface area contributed by atoms with E-state index in [-0.39, 0.29) is 5.60 Å². The van der Waals surface area contributed by atoms with Crippen LogP contribution >= 0.6 is 20.6 Å². The normalized spacial score (nSPS) is 33.5. The Bertz CT molecular complexity index is 523. The van der Waals surface area contributed by atoms with Crippen molar-refractivity contribution < 1.29 is 7.84 Å². The van der Waals surface area contributed by atoms with Gasteiger partial charge in [0.2, 0.25) is 0 Å². The van der Waals surface area contributed by atoms with E-state index in [1.165, 1.54) is 22.9 Å². The number of rotatable bonds is 2. The number of ether oxygens (including phenoxy) is 1. The average molecular weight is 429 g/mol. The summed E-state index contributed by atoms with van der Waals surface area (Å²) in [5.41, 5.74) is 1.55. The van der Waals surface area contributed by atoms with Gasteiger partial charge in [0.05, 0.1) is 0 Å². The Labute approximate surface area is 133 Å². The molecule has 1 spiro atoms. The molecule has 0 radical (unpaired) electrons. The first-order valence-electron chi connectivity index (χ1n) is 6.83. The maximum absolute atomic E-state index is 6.89. The summed E-state index contributed by atoms with van der Waals surface area (Å²) in [6, 6.07) is 7.91. The van der Waals surface area contributed by atoms with Crippen molar-refractivity contribution in [2.45, 2.75) is 37.7 Å². The zero-order valence-electron chi connectivity index (χ0n) is 11.4. The molecule has 1 aliphatic carbocycles. The van der Waals surface area contributed by atoms with E-state index in [0.29, 0.717) is 0 Å². The monoisotopic (exact) mass is 430 g/mol. The van der Waals surface area contributed by atoms with Gasteiger partial charge in [-0.25, -0.2) is 0 Å². The summed E-state index contributed by atoms with van der Waals surface area (Å²) in [6.45, 7) is 0. The van der Waals surface area contributed by atoms with Crippen LogP contribution in [-0.4, -0.2) is 30.2 Å². The van der Waals surface area contributed by atoms with Crippen LogP contribution in [0.5, 0.6) is 5.75 Å². The summed E-state index contributed by atoms with van der Waals surface area (Å²) in [4.78, 5) is 0. The molecule has 3 rings (SSSR count). The summed E-state index contributed by atoms with van der Waals surface area (Å²) in [5, 5.41) is 0. The van der Waals surface area contributed by atoms with Crippen LogP contribution in [0.3, 0.4) is 0 Å². The molecule has 2 nitrogen and oxygen atoms in total. The predicted octanol–water partition coefficient (Wildman–Crippen LogP) is 3.98. The van der Waals surface area contributed by atoms with Crippen molar-refractivity contribution in [3.63, 3.8) is 0 Å². The van der Waals surface area contributed by atoms with E-state index in [4.69, 9.17) is 28.4 Å². The average Bonchev–Trinajstić information content (AvgIpc) is 2.48. The fraction of sp³-hybridized carbons (Fsp3) is 0.467. The molecule has 1 saturated heterocycles. The van der Waals surface area contributed by atoms with Crippen LogP contribution in [-0.2, 0) is 3.10 Å². The van der Waals surface area contributed by atoms with Gasteiger partial charge in [-0.3, -0.25) is 0 Å². The molecule has 2 aliphatic rings. The Morgan fingerprint density at radius 2 is 1.85 bits per heavy atom. The van der Waals surface area contributed by atoms with Crippen molar-refractivity contribution >= 4 is 41.6 Å². The van der Waals surface area contributed by atoms with Gasteiger partial charge in [0, 0.05) is 0 Å². The Morgan fingerprint density at radius 1 is 1.20 bits per heavy atom. The fourth-order valence-corrected chi connectivity index (χ4v) is 13.8.